The van der Waals surface area contributed by atoms with E-state index in [4.69, 9.17) is 5.16 Å². The minimum Gasteiger partial charge on any atom is -0.319 e. The summed E-state index contributed by atoms with van der Waals surface area (Å²) in [4.78, 5) is 0. The highest BCUT2D eigenvalue weighted by Crippen LogP contribution is 2.29. The van der Waals surface area contributed by atoms with E-state index in [9.17, 15) is 0 Å². The minimum absolute atomic E-state index is 1.14. The molecule has 0 saturated heterocycles. The summed E-state index contributed by atoms with van der Waals surface area (Å²) in [6.45, 7) is 5.90. The molecule has 0 radical (unpaired) electrons. The van der Waals surface area contributed by atoms with Gasteiger partial charge in [-0.2, -0.15) is 0 Å². The van der Waals surface area contributed by atoms with E-state index < -0.39 is 7.05 Å². The van der Waals surface area contributed by atoms with Gasteiger partial charge in [-0.05, 0) is 27.0 Å². The fraction of sp³-hybridized carbons (Fsp3) is 1.00. The van der Waals surface area contributed by atoms with Crippen LogP contribution in [0.1, 0.15) is 0 Å². The first-order valence-electron chi connectivity index (χ1n) is 1.57. The molecule has 0 fully saturated rings. The monoisotopic (exact) mass is 91.1 g/mol. The molecular formula is C3H10NP. The molecule has 0 rings (SSSR count). The molecule has 0 saturated carbocycles. The van der Waals surface area contributed by atoms with Crippen molar-refractivity contribution in [2.45, 2.75) is 0 Å². The summed E-state index contributed by atoms with van der Waals surface area (Å²) in [6.07, 6.45) is 0. The first-order chi connectivity index (χ1) is 2.00. The zero-order valence-electron chi connectivity index (χ0n) is 3.95. The van der Waals surface area contributed by atoms with Gasteiger partial charge in [0.1, 0.15) is 0 Å². The normalized spacial score (nSPS) is 11.8. The summed E-state index contributed by atoms with van der Waals surface area (Å²) in [6, 6.07) is 0. The molecule has 0 amide bonds. The molecule has 32 valence electrons. The molecule has 5 heavy (non-hydrogen) atoms. The molecule has 2 heteroatoms. The Hall–Kier alpha value is 0.230. The summed E-state index contributed by atoms with van der Waals surface area (Å²) < 4.78 is 0. The van der Waals surface area contributed by atoms with E-state index >= 15 is 0 Å². The number of nitrogens with one attached hydrogen (secondary N) is 1. The van der Waals surface area contributed by atoms with E-state index in [0.29, 0.717) is 0 Å². The fourth-order valence-corrected chi connectivity index (χ4v) is 0. The highest BCUT2D eigenvalue weighted by Gasteiger charge is 1.82. The van der Waals surface area contributed by atoms with Crippen molar-refractivity contribution in [2.24, 2.45) is 0 Å². The molecule has 0 aliphatic rings. The second kappa shape index (κ2) is 1.14. The van der Waals surface area contributed by atoms with Crippen molar-refractivity contribution in [2.75, 3.05) is 20.0 Å². The van der Waals surface area contributed by atoms with Gasteiger partial charge in [0.25, 0.3) is 0 Å². The van der Waals surface area contributed by atoms with Crippen molar-refractivity contribution in [3.05, 3.63) is 0 Å². The lowest BCUT2D eigenvalue weighted by Crippen LogP contribution is -1.59. The van der Waals surface area contributed by atoms with Crippen LogP contribution < -0.4 is 0 Å². The van der Waals surface area contributed by atoms with Gasteiger partial charge in [0, 0.05) is 0 Å². The Morgan fingerprint density at radius 3 is 1.20 bits per heavy atom. The molecule has 1 nitrogen and oxygen atoms in total. The molecule has 1 N–H and O–H groups in total. The maximum atomic E-state index is 7.05. The predicted molar refractivity (Wildman–Crippen MR) is 27.4 cm³/mol. The van der Waals surface area contributed by atoms with Crippen LogP contribution >= 0.6 is 7.05 Å². The van der Waals surface area contributed by atoms with Crippen molar-refractivity contribution in [3.8, 4) is 0 Å². The van der Waals surface area contributed by atoms with Gasteiger partial charge in [-0.25, -0.2) is 0 Å². The topological polar surface area (TPSA) is 23.9 Å². The zero-order valence-corrected chi connectivity index (χ0v) is 4.84. The van der Waals surface area contributed by atoms with Gasteiger partial charge < -0.3 is 5.16 Å². The Balaban J connectivity index is 3.47. The molecule has 0 aromatic heterocycles. The third-order valence-corrected chi connectivity index (χ3v) is 0. The second-order valence-corrected chi connectivity index (χ2v) is 6.04. The molecule has 0 atom stereocenters. The molecule has 0 aromatic carbocycles. The van der Waals surface area contributed by atoms with E-state index in [1.807, 2.05) is 20.0 Å². The maximum Gasteiger partial charge on any atom is -0.0301 e. The Morgan fingerprint density at radius 1 is 1.20 bits per heavy atom. The van der Waals surface area contributed by atoms with Crippen LogP contribution in [0.15, 0.2) is 0 Å². The largest absolute Gasteiger partial charge is 0.319 e. The molecule has 0 spiro atoms. The summed E-state index contributed by atoms with van der Waals surface area (Å²) in [7, 11) is -1.14. The van der Waals surface area contributed by atoms with Crippen LogP contribution in [0.2, 0.25) is 0 Å². The van der Waals surface area contributed by atoms with Crippen LogP contribution in [-0.4, -0.2) is 20.0 Å². The van der Waals surface area contributed by atoms with Crippen molar-refractivity contribution in [1.29, 1.82) is 5.16 Å². The van der Waals surface area contributed by atoms with E-state index in [2.05, 4.69) is 0 Å². The second-order valence-electron chi connectivity index (χ2n) is 2.01. The Labute approximate surface area is 33.2 Å². The van der Waals surface area contributed by atoms with Gasteiger partial charge in [-0.3, -0.25) is 0 Å². The van der Waals surface area contributed by atoms with Crippen LogP contribution in [0.25, 0.3) is 0 Å². The highest BCUT2D eigenvalue weighted by atomic mass is 31.2. The summed E-state index contributed by atoms with van der Waals surface area (Å²) in [5.41, 5.74) is 0. The Bertz CT molecular complexity index is 53.0. The highest BCUT2D eigenvalue weighted by molar-refractivity contribution is 7.62. The molecule has 0 aliphatic heterocycles. The van der Waals surface area contributed by atoms with E-state index in [1.54, 1.807) is 0 Å². The summed E-state index contributed by atoms with van der Waals surface area (Å²) >= 11 is 0. The molecule has 0 heterocycles. The fourth-order valence-electron chi connectivity index (χ4n) is 0. The SMILES string of the molecule is CP(C)(C)=N. The number of rotatable bonds is 0. The lowest BCUT2D eigenvalue weighted by atomic mass is 11.9. The maximum absolute atomic E-state index is 7.05. The number of hydrogen-bond acceptors (Lipinski definition) is 1. The lowest BCUT2D eigenvalue weighted by Gasteiger charge is -1.93. The Morgan fingerprint density at radius 2 is 1.20 bits per heavy atom. The molecule has 0 bridgehead atoms. The Kier molecular flexibility index (Phi) is 1.19. The van der Waals surface area contributed by atoms with Crippen LogP contribution in [0.3, 0.4) is 0 Å². The van der Waals surface area contributed by atoms with Gasteiger partial charge in [0.05, 0.1) is 0 Å². The van der Waals surface area contributed by atoms with Gasteiger partial charge in [-0.1, -0.05) is 0 Å². The van der Waals surface area contributed by atoms with Crippen LogP contribution in [0, 0.1) is 5.16 Å². The quantitative estimate of drug-likeness (QED) is 0.438. The molecule has 0 aromatic rings. The summed E-state index contributed by atoms with van der Waals surface area (Å²) in [5.74, 6) is 0. The van der Waals surface area contributed by atoms with Gasteiger partial charge in [-0.15, -0.1) is 0 Å². The molecule has 0 aliphatic carbocycles. The van der Waals surface area contributed by atoms with Crippen molar-refractivity contribution < 1.29 is 0 Å². The standard InChI is InChI=1S/C3H10NP/c1-5(2,3)4/h4H,1-3H3. The van der Waals surface area contributed by atoms with Gasteiger partial charge in [0.2, 0.25) is 0 Å². The summed E-state index contributed by atoms with van der Waals surface area (Å²) in [5, 5.41) is 7.05. The average Bonchev–Trinajstić information content (AvgIpc) is 0.722. The average molecular weight is 91.1 g/mol. The first kappa shape index (κ1) is 5.23. The molecular weight excluding hydrogens is 81.0 g/mol. The third kappa shape index (κ3) is 398. The van der Waals surface area contributed by atoms with Crippen molar-refractivity contribution >= 4 is 7.05 Å². The van der Waals surface area contributed by atoms with Crippen LogP contribution in [0.4, 0.5) is 0 Å². The number of hydrogen-bond donors (Lipinski definition) is 1. The van der Waals surface area contributed by atoms with Crippen molar-refractivity contribution in [1.82, 2.24) is 0 Å². The third-order valence-electron chi connectivity index (χ3n) is 0. The van der Waals surface area contributed by atoms with Gasteiger partial charge in [0.15, 0.2) is 0 Å². The van der Waals surface area contributed by atoms with E-state index in [1.165, 1.54) is 0 Å². The van der Waals surface area contributed by atoms with Crippen molar-refractivity contribution in [3.63, 3.8) is 0 Å². The van der Waals surface area contributed by atoms with Crippen LogP contribution in [-0.2, 0) is 0 Å². The predicted octanol–water partition coefficient (Wildman–Crippen LogP) is 1.66. The lowest BCUT2D eigenvalue weighted by molar-refractivity contribution is 1.58. The smallest absolute Gasteiger partial charge is 0.0301 e. The zero-order chi connectivity index (χ0) is 4.50. The minimum atomic E-state index is -1.14. The van der Waals surface area contributed by atoms with Gasteiger partial charge >= 0.3 is 0 Å². The van der Waals surface area contributed by atoms with Crippen LogP contribution in [0.5, 0.6) is 0 Å². The molecule has 0 unspecified atom stereocenters. The van der Waals surface area contributed by atoms with E-state index in [0.717, 1.165) is 0 Å². The first-order valence-corrected chi connectivity index (χ1v) is 4.70. The van der Waals surface area contributed by atoms with E-state index in [-0.39, 0.29) is 0 Å².